The highest BCUT2D eigenvalue weighted by molar-refractivity contribution is 5.81. The first-order chi connectivity index (χ1) is 8.40. The molecular weight excluding hydrogens is 231 g/mol. The van der Waals surface area contributed by atoms with E-state index in [0.717, 1.165) is 5.56 Å². The van der Waals surface area contributed by atoms with E-state index in [4.69, 9.17) is 0 Å². The van der Waals surface area contributed by atoms with Gasteiger partial charge in [0.05, 0.1) is 12.2 Å². The van der Waals surface area contributed by atoms with Crippen molar-refractivity contribution in [2.75, 3.05) is 11.9 Å². The Kier molecular flexibility index (Phi) is 5.13. The van der Waals surface area contributed by atoms with Crippen molar-refractivity contribution in [1.29, 1.82) is 0 Å². The van der Waals surface area contributed by atoms with Gasteiger partial charge >= 0.3 is 0 Å². The van der Waals surface area contributed by atoms with Gasteiger partial charge in [-0.1, -0.05) is 19.9 Å². The van der Waals surface area contributed by atoms with Crippen molar-refractivity contribution in [3.05, 3.63) is 29.6 Å². The molecule has 1 unspecified atom stereocenters. The Balaban J connectivity index is 2.50. The Hall–Kier alpha value is -1.58. The zero-order valence-electron chi connectivity index (χ0n) is 11.4. The summed E-state index contributed by atoms with van der Waals surface area (Å²) in [5, 5.41) is 5.67. The monoisotopic (exact) mass is 252 g/mol. The minimum atomic E-state index is -0.342. The van der Waals surface area contributed by atoms with Crippen LogP contribution in [0.25, 0.3) is 0 Å². The highest BCUT2D eigenvalue weighted by Crippen LogP contribution is 2.15. The largest absolute Gasteiger partial charge is 0.374 e. The van der Waals surface area contributed by atoms with E-state index in [2.05, 4.69) is 10.6 Å². The van der Waals surface area contributed by atoms with E-state index in [9.17, 15) is 9.18 Å². The highest BCUT2D eigenvalue weighted by atomic mass is 19.1. The summed E-state index contributed by atoms with van der Waals surface area (Å²) in [5.74, 6) is -0.0907. The summed E-state index contributed by atoms with van der Waals surface area (Å²) in [6, 6.07) is 4.89. The van der Waals surface area contributed by atoms with Crippen molar-refractivity contribution in [1.82, 2.24) is 5.32 Å². The summed E-state index contributed by atoms with van der Waals surface area (Å²) < 4.78 is 13.4. The number of aryl methyl sites for hydroxylation is 1. The van der Waals surface area contributed by atoms with Gasteiger partial charge in [0, 0.05) is 6.04 Å². The summed E-state index contributed by atoms with van der Waals surface area (Å²) >= 11 is 0. The third-order valence-electron chi connectivity index (χ3n) is 2.95. The Labute approximate surface area is 108 Å². The second-order valence-corrected chi connectivity index (χ2v) is 4.94. The average Bonchev–Trinajstić information content (AvgIpc) is 2.30. The molecule has 100 valence electrons. The van der Waals surface area contributed by atoms with Gasteiger partial charge in [-0.3, -0.25) is 4.79 Å². The van der Waals surface area contributed by atoms with Crippen LogP contribution >= 0.6 is 0 Å². The number of nitrogens with one attached hydrogen (secondary N) is 2. The molecule has 0 fully saturated rings. The first-order valence-corrected chi connectivity index (χ1v) is 6.19. The lowest BCUT2D eigenvalue weighted by Gasteiger charge is -2.18. The topological polar surface area (TPSA) is 41.1 Å². The number of rotatable bonds is 5. The van der Waals surface area contributed by atoms with E-state index in [0.29, 0.717) is 11.6 Å². The number of carbonyl (C=O) groups is 1. The Morgan fingerprint density at radius 3 is 2.61 bits per heavy atom. The minimum absolute atomic E-state index is 0.0808. The molecule has 4 heteroatoms. The van der Waals surface area contributed by atoms with Crippen LogP contribution in [-0.2, 0) is 4.79 Å². The third kappa shape index (κ3) is 4.35. The SMILES string of the molecule is Cc1ccc(F)c(NCC(=O)NC(C)C(C)C)c1. The summed E-state index contributed by atoms with van der Waals surface area (Å²) in [6.07, 6.45) is 0. The zero-order chi connectivity index (χ0) is 13.7. The van der Waals surface area contributed by atoms with Crippen LogP contribution in [0.4, 0.5) is 10.1 Å². The molecule has 0 radical (unpaired) electrons. The Morgan fingerprint density at radius 2 is 2.00 bits per heavy atom. The molecule has 0 aliphatic rings. The minimum Gasteiger partial charge on any atom is -0.374 e. The molecule has 1 atom stereocenters. The molecule has 1 amide bonds. The normalized spacial score (nSPS) is 12.3. The molecule has 0 aliphatic heterocycles. The fraction of sp³-hybridized carbons (Fsp3) is 0.500. The fourth-order valence-electron chi connectivity index (χ4n) is 1.42. The Bertz CT molecular complexity index is 418. The lowest BCUT2D eigenvalue weighted by atomic mass is 10.1. The number of benzene rings is 1. The lowest BCUT2D eigenvalue weighted by molar-refractivity contribution is -0.120. The van der Waals surface area contributed by atoms with Crippen molar-refractivity contribution in [3.63, 3.8) is 0 Å². The van der Waals surface area contributed by atoms with E-state index in [1.165, 1.54) is 6.07 Å². The van der Waals surface area contributed by atoms with Crippen molar-refractivity contribution < 1.29 is 9.18 Å². The predicted octanol–water partition coefficient (Wildman–Crippen LogP) is 2.71. The number of carbonyl (C=O) groups excluding carboxylic acids is 1. The van der Waals surface area contributed by atoms with Gasteiger partial charge in [-0.25, -0.2) is 4.39 Å². The molecule has 1 aromatic carbocycles. The number of hydrogen-bond acceptors (Lipinski definition) is 2. The van der Waals surface area contributed by atoms with E-state index in [1.54, 1.807) is 12.1 Å². The Morgan fingerprint density at radius 1 is 1.33 bits per heavy atom. The van der Waals surface area contributed by atoms with Crippen LogP contribution in [0.15, 0.2) is 18.2 Å². The smallest absolute Gasteiger partial charge is 0.239 e. The second-order valence-electron chi connectivity index (χ2n) is 4.94. The molecule has 0 aromatic heterocycles. The van der Waals surface area contributed by atoms with Gasteiger partial charge in [0.1, 0.15) is 5.82 Å². The van der Waals surface area contributed by atoms with Gasteiger partial charge in [-0.15, -0.1) is 0 Å². The molecule has 0 saturated carbocycles. The van der Waals surface area contributed by atoms with Gasteiger partial charge in [0.25, 0.3) is 0 Å². The molecule has 18 heavy (non-hydrogen) atoms. The summed E-state index contributed by atoms with van der Waals surface area (Å²) in [6.45, 7) is 8.00. The van der Waals surface area contributed by atoms with Gasteiger partial charge in [0.2, 0.25) is 5.91 Å². The van der Waals surface area contributed by atoms with Crippen molar-refractivity contribution in [2.24, 2.45) is 5.92 Å². The van der Waals surface area contributed by atoms with Crippen LogP contribution in [0.2, 0.25) is 0 Å². The molecule has 0 bridgehead atoms. The van der Waals surface area contributed by atoms with Crippen LogP contribution in [0.5, 0.6) is 0 Å². The summed E-state index contributed by atoms with van der Waals surface area (Å²) in [5.41, 5.74) is 1.32. The van der Waals surface area contributed by atoms with E-state index in [-0.39, 0.29) is 24.3 Å². The quantitative estimate of drug-likeness (QED) is 0.846. The average molecular weight is 252 g/mol. The first-order valence-electron chi connectivity index (χ1n) is 6.19. The standard InChI is InChI=1S/C14H21FN2O/c1-9(2)11(4)17-14(18)8-16-13-7-10(3)5-6-12(13)15/h5-7,9,11,16H,8H2,1-4H3,(H,17,18). The maximum absolute atomic E-state index is 13.4. The zero-order valence-corrected chi connectivity index (χ0v) is 11.4. The van der Waals surface area contributed by atoms with Crippen molar-refractivity contribution in [2.45, 2.75) is 33.7 Å². The highest BCUT2D eigenvalue weighted by Gasteiger charge is 2.11. The van der Waals surface area contributed by atoms with Gasteiger partial charge in [0.15, 0.2) is 0 Å². The third-order valence-corrected chi connectivity index (χ3v) is 2.95. The predicted molar refractivity (Wildman–Crippen MR) is 72.1 cm³/mol. The first kappa shape index (κ1) is 14.5. The number of amides is 1. The van der Waals surface area contributed by atoms with Crippen LogP contribution in [0, 0.1) is 18.7 Å². The summed E-state index contributed by atoms with van der Waals surface area (Å²) in [4.78, 5) is 11.6. The van der Waals surface area contributed by atoms with Gasteiger partial charge < -0.3 is 10.6 Å². The van der Waals surface area contributed by atoms with Crippen LogP contribution in [0.1, 0.15) is 26.3 Å². The van der Waals surface area contributed by atoms with E-state index >= 15 is 0 Å². The van der Waals surface area contributed by atoms with Gasteiger partial charge in [-0.05, 0) is 37.5 Å². The van der Waals surface area contributed by atoms with Gasteiger partial charge in [-0.2, -0.15) is 0 Å². The molecular formula is C14H21FN2O. The van der Waals surface area contributed by atoms with Crippen molar-refractivity contribution in [3.8, 4) is 0 Å². The molecule has 1 rings (SSSR count). The molecule has 3 nitrogen and oxygen atoms in total. The second kappa shape index (κ2) is 6.38. The van der Waals surface area contributed by atoms with Crippen LogP contribution < -0.4 is 10.6 Å². The molecule has 0 saturated heterocycles. The number of anilines is 1. The van der Waals surface area contributed by atoms with Crippen molar-refractivity contribution >= 4 is 11.6 Å². The maximum Gasteiger partial charge on any atom is 0.239 e. The molecule has 0 aliphatic carbocycles. The molecule has 1 aromatic rings. The van der Waals surface area contributed by atoms with Crippen LogP contribution in [-0.4, -0.2) is 18.5 Å². The molecule has 0 heterocycles. The maximum atomic E-state index is 13.4. The summed E-state index contributed by atoms with van der Waals surface area (Å²) in [7, 11) is 0. The van der Waals surface area contributed by atoms with Crippen LogP contribution in [0.3, 0.4) is 0 Å². The molecule has 0 spiro atoms. The van der Waals surface area contributed by atoms with E-state index in [1.807, 2.05) is 27.7 Å². The number of hydrogen-bond donors (Lipinski definition) is 2. The number of halogens is 1. The molecule has 2 N–H and O–H groups in total. The fourth-order valence-corrected chi connectivity index (χ4v) is 1.42. The van der Waals surface area contributed by atoms with E-state index < -0.39 is 0 Å². The lowest BCUT2D eigenvalue weighted by Crippen LogP contribution is -2.39.